The maximum absolute atomic E-state index is 11.1. The topological polar surface area (TPSA) is 42.7 Å². The Bertz CT molecular complexity index is 393. The van der Waals surface area contributed by atoms with Gasteiger partial charge in [0.15, 0.2) is 0 Å². The van der Waals surface area contributed by atoms with Crippen molar-refractivity contribution in [3.8, 4) is 11.7 Å². The van der Waals surface area contributed by atoms with Gasteiger partial charge in [-0.25, -0.2) is 4.79 Å². The van der Waals surface area contributed by atoms with Gasteiger partial charge in [0.05, 0.1) is 5.56 Å². The van der Waals surface area contributed by atoms with Crippen LogP contribution in [-0.2, 0) is 11.5 Å². The SMILES string of the molecule is O=c1oc2c(c3c1CSC3)O2. The first-order valence-corrected chi connectivity index (χ1v) is 4.46. The zero-order chi connectivity index (χ0) is 7.42. The molecule has 3 heterocycles. The van der Waals surface area contributed by atoms with Crippen LogP contribution in [-0.4, -0.2) is 0 Å². The Balaban J connectivity index is 2.43. The predicted molar refractivity (Wildman–Crippen MR) is 40.1 cm³/mol. The highest BCUT2D eigenvalue weighted by Crippen LogP contribution is 2.51. The molecule has 4 heteroatoms. The molecule has 3 rings (SSSR count). The van der Waals surface area contributed by atoms with Crippen LogP contribution in [0.25, 0.3) is 0 Å². The Kier molecular flexibility index (Phi) is 0.850. The molecule has 1 aromatic heterocycles. The molecular weight excluding hydrogens is 164 g/mol. The summed E-state index contributed by atoms with van der Waals surface area (Å²) in [5.41, 5.74) is 1.63. The lowest BCUT2D eigenvalue weighted by Crippen LogP contribution is -2.02. The van der Waals surface area contributed by atoms with Gasteiger partial charge in [0.25, 0.3) is 0 Å². The third kappa shape index (κ3) is 0.625. The second-order valence-corrected chi connectivity index (χ2v) is 3.54. The van der Waals surface area contributed by atoms with E-state index in [-0.39, 0.29) is 5.63 Å². The van der Waals surface area contributed by atoms with Gasteiger partial charge in [0.2, 0.25) is 5.75 Å². The molecule has 0 aliphatic carbocycles. The molecular formula is C7H4O3S. The standard InChI is InChI=1S/C7H4O3S/c8-6-4-2-11-1-3(4)5-7(9-5)10-6/h1-2H2. The van der Waals surface area contributed by atoms with Crippen molar-refractivity contribution in [1.82, 2.24) is 0 Å². The van der Waals surface area contributed by atoms with Gasteiger partial charge in [-0.2, -0.15) is 11.8 Å². The Labute approximate surface area is 66.4 Å². The highest BCUT2D eigenvalue weighted by atomic mass is 32.2. The molecule has 0 atom stereocenters. The highest BCUT2D eigenvalue weighted by Gasteiger charge is 2.35. The summed E-state index contributed by atoms with van der Waals surface area (Å²) in [6.07, 6.45) is 0. The lowest BCUT2D eigenvalue weighted by molar-refractivity contribution is 0.440. The third-order valence-corrected chi connectivity index (χ3v) is 2.89. The van der Waals surface area contributed by atoms with Crippen LogP contribution in [0.1, 0.15) is 11.1 Å². The average molecular weight is 168 g/mol. The van der Waals surface area contributed by atoms with Crippen molar-refractivity contribution in [3.63, 3.8) is 0 Å². The maximum atomic E-state index is 11.1. The average Bonchev–Trinajstić information content (AvgIpc) is 2.62. The molecule has 1 aromatic rings. The zero-order valence-electron chi connectivity index (χ0n) is 5.55. The Hall–Kier alpha value is -0.900. The van der Waals surface area contributed by atoms with Crippen molar-refractivity contribution >= 4 is 11.8 Å². The van der Waals surface area contributed by atoms with Gasteiger partial charge in [-0.3, -0.25) is 0 Å². The smallest absolute Gasteiger partial charge is 0.343 e. The summed E-state index contributed by atoms with van der Waals surface area (Å²) in [6, 6.07) is 0. The molecule has 0 N–H and O–H groups in total. The summed E-state index contributed by atoms with van der Waals surface area (Å²) in [4.78, 5) is 11.1. The van der Waals surface area contributed by atoms with Gasteiger partial charge >= 0.3 is 11.6 Å². The van der Waals surface area contributed by atoms with E-state index in [2.05, 4.69) is 0 Å². The summed E-state index contributed by atoms with van der Waals surface area (Å²) in [6.45, 7) is 0. The highest BCUT2D eigenvalue weighted by molar-refractivity contribution is 7.98. The monoisotopic (exact) mass is 168 g/mol. The number of thioether (sulfide) groups is 1. The first-order chi connectivity index (χ1) is 5.36. The fourth-order valence-corrected chi connectivity index (χ4v) is 2.39. The van der Waals surface area contributed by atoms with Gasteiger partial charge in [0, 0.05) is 17.1 Å². The predicted octanol–water partition coefficient (Wildman–Crippen LogP) is 1.49. The van der Waals surface area contributed by atoms with E-state index in [1.54, 1.807) is 11.8 Å². The quantitative estimate of drug-likeness (QED) is 0.559. The van der Waals surface area contributed by atoms with Gasteiger partial charge in [0.1, 0.15) is 0 Å². The van der Waals surface area contributed by atoms with Crippen LogP contribution in [0, 0.1) is 0 Å². The second kappa shape index (κ2) is 1.64. The summed E-state index contributed by atoms with van der Waals surface area (Å²) in [5.74, 6) is 2.90. The van der Waals surface area contributed by atoms with E-state index in [0.717, 1.165) is 28.4 Å². The fourth-order valence-electron chi connectivity index (χ4n) is 1.28. The molecule has 2 aliphatic rings. The summed E-state index contributed by atoms with van der Waals surface area (Å²) < 4.78 is 9.80. The minimum absolute atomic E-state index is 0.221. The first kappa shape index (κ1) is 5.71. The van der Waals surface area contributed by atoms with Gasteiger partial charge < -0.3 is 9.15 Å². The number of hydrogen-bond acceptors (Lipinski definition) is 4. The van der Waals surface area contributed by atoms with Crippen molar-refractivity contribution in [3.05, 3.63) is 21.5 Å². The number of ether oxygens (including phenoxy) is 1. The van der Waals surface area contributed by atoms with Crippen LogP contribution in [0.2, 0.25) is 0 Å². The van der Waals surface area contributed by atoms with Crippen LogP contribution >= 0.6 is 11.8 Å². The molecule has 2 aliphatic heterocycles. The summed E-state index contributed by atoms with van der Waals surface area (Å²) >= 11 is 1.72. The van der Waals surface area contributed by atoms with Crippen LogP contribution in [0.5, 0.6) is 11.7 Å². The summed E-state index contributed by atoms with van der Waals surface area (Å²) in [7, 11) is 0. The fraction of sp³-hybridized carbons (Fsp3) is 0.286. The van der Waals surface area contributed by atoms with E-state index in [4.69, 9.17) is 9.15 Å². The minimum atomic E-state index is -0.221. The van der Waals surface area contributed by atoms with E-state index in [0.29, 0.717) is 5.95 Å². The largest absolute Gasteiger partial charge is 0.415 e. The van der Waals surface area contributed by atoms with Crippen molar-refractivity contribution in [2.24, 2.45) is 0 Å². The van der Waals surface area contributed by atoms with E-state index in [1.165, 1.54) is 0 Å². The van der Waals surface area contributed by atoms with Crippen molar-refractivity contribution in [2.45, 2.75) is 11.5 Å². The Morgan fingerprint density at radius 1 is 1.27 bits per heavy atom. The molecule has 0 amide bonds. The molecule has 0 fully saturated rings. The number of hydrogen-bond donors (Lipinski definition) is 0. The van der Waals surface area contributed by atoms with Crippen molar-refractivity contribution in [2.75, 3.05) is 0 Å². The Morgan fingerprint density at radius 2 is 2.09 bits per heavy atom. The molecule has 0 aromatic carbocycles. The van der Waals surface area contributed by atoms with Crippen LogP contribution < -0.4 is 10.4 Å². The molecule has 0 saturated heterocycles. The van der Waals surface area contributed by atoms with Crippen LogP contribution in [0.4, 0.5) is 0 Å². The Morgan fingerprint density at radius 3 is 3.00 bits per heavy atom. The second-order valence-electron chi connectivity index (χ2n) is 2.56. The van der Waals surface area contributed by atoms with E-state index < -0.39 is 0 Å². The molecule has 0 radical (unpaired) electrons. The lowest BCUT2D eigenvalue weighted by atomic mass is 10.2. The molecule has 56 valence electrons. The van der Waals surface area contributed by atoms with E-state index in [1.807, 2.05) is 0 Å². The van der Waals surface area contributed by atoms with Gasteiger partial charge in [-0.05, 0) is 0 Å². The zero-order valence-corrected chi connectivity index (χ0v) is 6.36. The first-order valence-electron chi connectivity index (χ1n) is 3.31. The van der Waals surface area contributed by atoms with Gasteiger partial charge in [-0.15, -0.1) is 0 Å². The number of rotatable bonds is 0. The molecule has 0 bridgehead atoms. The van der Waals surface area contributed by atoms with Crippen LogP contribution in [0.3, 0.4) is 0 Å². The summed E-state index contributed by atoms with van der Waals surface area (Å²) in [5, 5.41) is 0. The van der Waals surface area contributed by atoms with Crippen LogP contribution in [0.15, 0.2) is 9.21 Å². The third-order valence-electron chi connectivity index (χ3n) is 1.90. The lowest BCUT2D eigenvalue weighted by Gasteiger charge is -1.85. The molecule has 0 spiro atoms. The molecule has 0 saturated carbocycles. The van der Waals surface area contributed by atoms with Crippen molar-refractivity contribution in [1.29, 1.82) is 0 Å². The van der Waals surface area contributed by atoms with Gasteiger partial charge in [-0.1, -0.05) is 0 Å². The molecule has 11 heavy (non-hydrogen) atoms. The van der Waals surface area contributed by atoms with Crippen molar-refractivity contribution < 1.29 is 9.15 Å². The number of fused-ring (bicyclic) bond motifs is 3. The molecule has 3 nitrogen and oxygen atoms in total. The normalized spacial score (nSPS) is 17.1. The molecule has 0 unspecified atom stereocenters. The van der Waals surface area contributed by atoms with E-state index >= 15 is 0 Å². The van der Waals surface area contributed by atoms with E-state index in [9.17, 15) is 4.79 Å². The maximum Gasteiger partial charge on any atom is 0.343 e. The minimum Gasteiger partial charge on any atom is -0.415 e.